The van der Waals surface area contributed by atoms with Crippen molar-refractivity contribution < 1.29 is 19.4 Å². The average Bonchev–Trinajstić information content (AvgIpc) is 3.38. The summed E-state index contributed by atoms with van der Waals surface area (Å²) >= 11 is 0. The number of anilines is 1. The molecule has 0 saturated carbocycles. The SMILES string of the molecule is CCc1cc2c(nc1N1CCC(Oc3ccc4c(c3)OCC4)CC1)CN(CCO)C2=O. The van der Waals surface area contributed by atoms with Crippen LogP contribution in [-0.2, 0) is 19.4 Å². The topological polar surface area (TPSA) is 75.1 Å². The first-order valence-corrected chi connectivity index (χ1v) is 11.3. The van der Waals surface area contributed by atoms with Gasteiger partial charge in [-0.1, -0.05) is 13.0 Å². The first kappa shape index (κ1) is 20.1. The Morgan fingerprint density at radius 1 is 1.26 bits per heavy atom. The molecule has 164 valence electrons. The second-order valence-corrected chi connectivity index (χ2v) is 8.44. The van der Waals surface area contributed by atoms with Crippen LogP contribution in [0.15, 0.2) is 24.3 Å². The van der Waals surface area contributed by atoms with E-state index in [1.165, 1.54) is 5.56 Å². The highest BCUT2D eigenvalue weighted by atomic mass is 16.5. The quantitative estimate of drug-likeness (QED) is 0.770. The third kappa shape index (κ3) is 3.82. The Kier molecular flexibility index (Phi) is 5.44. The Labute approximate surface area is 182 Å². The number of rotatable bonds is 6. The summed E-state index contributed by atoms with van der Waals surface area (Å²) in [5.74, 6) is 2.80. The first-order chi connectivity index (χ1) is 15.2. The number of β-amino-alcohol motifs (C(OH)–C–C–N with tert-alkyl or cyclic N) is 1. The van der Waals surface area contributed by atoms with Crippen LogP contribution in [0.25, 0.3) is 0 Å². The number of pyridine rings is 1. The Hall–Kier alpha value is -2.80. The van der Waals surface area contributed by atoms with Crippen molar-refractivity contribution in [2.24, 2.45) is 0 Å². The molecule has 0 unspecified atom stereocenters. The molecule has 3 aliphatic rings. The van der Waals surface area contributed by atoms with Crippen LogP contribution in [0.3, 0.4) is 0 Å². The molecule has 1 aromatic heterocycles. The van der Waals surface area contributed by atoms with E-state index in [0.717, 1.165) is 74.0 Å². The third-order valence-corrected chi connectivity index (χ3v) is 6.48. The molecular weight excluding hydrogens is 394 g/mol. The molecule has 4 heterocycles. The van der Waals surface area contributed by atoms with Crippen LogP contribution in [0, 0.1) is 0 Å². The number of fused-ring (bicyclic) bond motifs is 2. The Bertz CT molecular complexity index is 985. The predicted octanol–water partition coefficient (Wildman–Crippen LogP) is 2.57. The molecule has 0 aliphatic carbocycles. The van der Waals surface area contributed by atoms with Gasteiger partial charge in [0, 0.05) is 45.0 Å². The van der Waals surface area contributed by atoms with Crippen molar-refractivity contribution in [3.63, 3.8) is 0 Å². The standard InChI is InChI=1S/C24H29N3O4/c1-2-16-13-20-21(15-27(10-11-28)24(20)29)25-23(16)26-8-5-18(6-9-26)31-19-4-3-17-7-12-30-22(17)14-19/h3-4,13-14,18,28H,2,5-12,15H2,1H3. The van der Waals surface area contributed by atoms with Crippen molar-refractivity contribution in [2.45, 2.75) is 45.3 Å². The van der Waals surface area contributed by atoms with Gasteiger partial charge in [0.05, 0.1) is 31.0 Å². The summed E-state index contributed by atoms with van der Waals surface area (Å²) in [6.07, 6.45) is 3.83. The molecule has 1 amide bonds. The molecule has 0 spiro atoms. The second-order valence-electron chi connectivity index (χ2n) is 8.44. The molecule has 1 saturated heterocycles. The fourth-order valence-corrected chi connectivity index (χ4v) is 4.74. The van der Waals surface area contributed by atoms with Crippen LogP contribution in [0.4, 0.5) is 5.82 Å². The number of ether oxygens (including phenoxy) is 2. The second kappa shape index (κ2) is 8.38. The number of hydrogen-bond acceptors (Lipinski definition) is 6. The van der Waals surface area contributed by atoms with E-state index in [1.807, 2.05) is 18.2 Å². The first-order valence-electron chi connectivity index (χ1n) is 11.3. The lowest BCUT2D eigenvalue weighted by Crippen LogP contribution is -2.39. The molecule has 2 aromatic rings. The van der Waals surface area contributed by atoms with E-state index in [1.54, 1.807) is 4.90 Å². The summed E-state index contributed by atoms with van der Waals surface area (Å²) in [6, 6.07) is 8.17. The highest BCUT2D eigenvalue weighted by molar-refractivity contribution is 5.98. The van der Waals surface area contributed by atoms with Gasteiger partial charge in [0.2, 0.25) is 0 Å². The van der Waals surface area contributed by atoms with Gasteiger partial charge < -0.3 is 24.4 Å². The summed E-state index contributed by atoms with van der Waals surface area (Å²) in [5, 5.41) is 9.22. The number of aliphatic hydroxyl groups excluding tert-OH is 1. The van der Waals surface area contributed by atoms with Gasteiger partial charge in [-0.2, -0.15) is 0 Å². The van der Waals surface area contributed by atoms with Crippen LogP contribution in [-0.4, -0.2) is 59.8 Å². The zero-order valence-corrected chi connectivity index (χ0v) is 18.0. The largest absolute Gasteiger partial charge is 0.493 e. The van der Waals surface area contributed by atoms with Crippen molar-refractivity contribution in [3.8, 4) is 11.5 Å². The van der Waals surface area contributed by atoms with Crippen LogP contribution in [0.2, 0.25) is 0 Å². The number of aryl methyl sites for hydroxylation is 1. The smallest absolute Gasteiger partial charge is 0.256 e. The van der Waals surface area contributed by atoms with Crippen LogP contribution >= 0.6 is 0 Å². The number of amides is 1. The van der Waals surface area contributed by atoms with Crippen molar-refractivity contribution in [1.82, 2.24) is 9.88 Å². The molecule has 0 atom stereocenters. The number of nitrogens with zero attached hydrogens (tertiary/aromatic N) is 3. The van der Waals surface area contributed by atoms with E-state index in [9.17, 15) is 9.90 Å². The van der Waals surface area contributed by atoms with Gasteiger partial charge in [0.25, 0.3) is 5.91 Å². The number of benzene rings is 1. The highest BCUT2D eigenvalue weighted by Crippen LogP contribution is 2.33. The highest BCUT2D eigenvalue weighted by Gasteiger charge is 2.31. The zero-order valence-electron chi connectivity index (χ0n) is 18.0. The number of carbonyl (C=O) groups excluding carboxylic acids is 1. The Balaban J connectivity index is 1.26. The molecule has 7 nitrogen and oxygen atoms in total. The lowest BCUT2D eigenvalue weighted by Gasteiger charge is -2.34. The van der Waals surface area contributed by atoms with Crippen molar-refractivity contribution >= 4 is 11.7 Å². The van der Waals surface area contributed by atoms with Gasteiger partial charge in [0.15, 0.2) is 0 Å². The van der Waals surface area contributed by atoms with E-state index in [-0.39, 0.29) is 18.6 Å². The number of hydrogen-bond donors (Lipinski definition) is 1. The van der Waals surface area contributed by atoms with Gasteiger partial charge >= 0.3 is 0 Å². The van der Waals surface area contributed by atoms with Crippen molar-refractivity contribution in [3.05, 3.63) is 46.6 Å². The normalized spacial score (nSPS) is 18.2. The van der Waals surface area contributed by atoms with Crippen molar-refractivity contribution in [1.29, 1.82) is 0 Å². The van der Waals surface area contributed by atoms with E-state index >= 15 is 0 Å². The molecule has 0 radical (unpaired) electrons. The lowest BCUT2D eigenvalue weighted by molar-refractivity contribution is 0.0745. The van der Waals surface area contributed by atoms with Crippen molar-refractivity contribution in [2.75, 3.05) is 37.7 Å². The minimum absolute atomic E-state index is 0.0248. The zero-order chi connectivity index (χ0) is 21.4. The van der Waals surface area contributed by atoms with Crippen LogP contribution < -0.4 is 14.4 Å². The minimum atomic E-state index is -0.0307. The fourth-order valence-electron chi connectivity index (χ4n) is 4.74. The summed E-state index contributed by atoms with van der Waals surface area (Å²) < 4.78 is 11.9. The van der Waals surface area contributed by atoms with E-state index in [0.29, 0.717) is 18.7 Å². The third-order valence-electron chi connectivity index (χ3n) is 6.48. The molecule has 1 fully saturated rings. The molecule has 7 heteroatoms. The maximum absolute atomic E-state index is 12.6. The van der Waals surface area contributed by atoms with E-state index in [2.05, 4.69) is 17.9 Å². The van der Waals surface area contributed by atoms with Crippen LogP contribution in [0.1, 0.15) is 46.9 Å². The number of aromatic nitrogens is 1. The van der Waals surface area contributed by atoms with Gasteiger partial charge in [-0.3, -0.25) is 4.79 Å². The molecule has 3 aliphatic heterocycles. The van der Waals surface area contributed by atoms with Gasteiger partial charge in [-0.05, 0) is 29.7 Å². The van der Waals surface area contributed by atoms with Crippen LogP contribution in [0.5, 0.6) is 11.5 Å². The number of carbonyl (C=O) groups is 1. The Morgan fingerprint density at radius 2 is 2.10 bits per heavy atom. The Morgan fingerprint density at radius 3 is 2.87 bits per heavy atom. The predicted molar refractivity (Wildman–Crippen MR) is 117 cm³/mol. The molecule has 0 bridgehead atoms. The molecule has 31 heavy (non-hydrogen) atoms. The number of aliphatic hydroxyl groups is 1. The molecule has 1 aromatic carbocycles. The summed E-state index contributed by atoms with van der Waals surface area (Å²) in [6.45, 7) is 5.40. The fraction of sp³-hybridized carbons (Fsp3) is 0.500. The maximum atomic E-state index is 12.6. The lowest BCUT2D eigenvalue weighted by atomic mass is 10.0. The van der Waals surface area contributed by atoms with E-state index in [4.69, 9.17) is 14.5 Å². The minimum Gasteiger partial charge on any atom is -0.493 e. The van der Waals surface area contributed by atoms with Gasteiger partial charge in [-0.25, -0.2) is 4.98 Å². The average molecular weight is 424 g/mol. The molecule has 5 rings (SSSR count). The van der Waals surface area contributed by atoms with E-state index < -0.39 is 0 Å². The molecule has 1 N–H and O–H groups in total. The van der Waals surface area contributed by atoms with Gasteiger partial charge in [0.1, 0.15) is 23.4 Å². The summed E-state index contributed by atoms with van der Waals surface area (Å²) in [7, 11) is 0. The number of piperidine rings is 1. The maximum Gasteiger partial charge on any atom is 0.256 e. The monoisotopic (exact) mass is 423 g/mol. The summed E-state index contributed by atoms with van der Waals surface area (Å²) in [4.78, 5) is 21.5. The molecular formula is C24H29N3O4. The van der Waals surface area contributed by atoms with Gasteiger partial charge in [-0.15, -0.1) is 0 Å². The summed E-state index contributed by atoms with van der Waals surface area (Å²) in [5.41, 5.74) is 3.87.